The Hall–Kier alpha value is -1.86. The topological polar surface area (TPSA) is 69.0 Å². The number of hydrogen-bond donors (Lipinski definition) is 1. The van der Waals surface area contributed by atoms with E-state index in [4.69, 9.17) is 4.74 Å². The molecule has 0 unspecified atom stereocenters. The molecule has 1 aromatic heterocycles. The first-order chi connectivity index (χ1) is 11.7. The Balaban J connectivity index is 1.46. The van der Waals surface area contributed by atoms with Gasteiger partial charge in [-0.1, -0.05) is 42.1 Å². The number of ether oxygens (including phenoxy) is 1. The van der Waals surface area contributed by atoms with E-state index in [1.807, 2.05) is 10.6 Å². The quantitative estimate of drug-likeness (QED) is 0.702. The van der Waals surface area contributed by atoms with Crippen molar-refractivity contribution in [3.05, 3.63) is 42.2 Å². The molecule has 1 aromatic carbocycles. The second-order valence-corrected chi connectivity index (χ2v) is 6.95. The van der Waals surface area contributed by atoms with Crippen molar-refractivity contribution in [1.29, 1.82) is 0 Å². The molecular formula is C17H22N4O2S. The van der Waals surface area contributed by atoms with Crippen LogP contribution in [0.2, 0.25) is 0 Å². The third-order valence-electron chi connectivity index (χ3n) is 4.31. The minimum atomic E-state index is 0.0310. The highest BCUT2D eigenvalue weighted by atomic mass is 32.2. The van der Waals surface area contributed by atoms with Crippen LogP contribution in [0.15, 0.2) is 41.8 Å². The summed E-state index contributed by atoms with van der Waals surface area (Å²) >= 11 is 1.40. The Bertz CT molecular complexity index is 670. The lowest BCUT2D eigenvalue weighted by molar-refractivity contribution is -0.118. The van der Waals surface area contributed by atoms with Gasteiger partial charge in [0.25, 0.3) is 0 Å². The molecule has 1 aliphatic carbocycles. The molecule has 0 radical (unpaired) electrons. The zero-order valence-electron chi connectivity index (χ0n) is 13.8. The monoisotopic (exact) mass is 346 g/mol. The summed E-state index contributed by atoms with van der Waals surface area (Å²) in [6, 6.07) is 10.4. The summed E-state index contributed by atoms with van der Waals surface area (Å²) in [5, 5.41) is 11.8. The van der Waals surface area contributed by atoms with Crippen LogP contribution in [0, 0.1) is 0 Å². The summed E-state index contributed by atoms with van der Waals surface area (Å²) in [5.41, 5.74) is 1.46. The van der Waals surface area contributed by atoms with Gasteiger partial charge in [-0.05, 0) is 18.4 Å². The molecule has 6 nitrogen and oxygen atoms in total. The highest BCUT2D eigenvalue weighted by molar-refractivity contribution is 7.99. The minimum absolute atomic E-state index is 0.0310. The standard InChI is InChI=1S/C17H22N4O2S/c1-23-10-9-21-13-19-20-16(21)24-11-15(22)18-12-17(7-8-17)14-5-3-2-4-6-14/h2-6,13H,7-12H2,1H3,(H,18,22). The smallest absolute Gasteiger partial charge is 0.230 e. The van der Waals surface area contributed by atoms with E-state index in [1.54, 1.807) is 13.4 Å². The van der Waals surface area contributed by atoms with Gasteiger partial charge in [0, 0.05) is 25.6 Å². The minimum Gasteiger partial charge on any atom is -0.383 e. The predicted molar refractivity (Wildman–Crippen MR) is 93.0 cm³/mol. The van der Waals surface area contributed by atoms with Crippen molar-refractivity contribution in [3.63, 3.8) is 0 Å². The first-order valence-electron chi connectivity index (χ1n) is 8.05. The number of aromatic nitrogens is 3. The van der Waals surface area contributed by atoms with Gasteiger partial charge in [-0.2, -0.15) is 0 Å². The summed E-state index contributed by atoms with van der Waals surface area (Å²) in [6.45, 7) is 1.98. The Kier molecular flexibility index (Phi) is 5.52. The van der Waals surface area contributed by atoms with Gasteiger partial charge in [0.1, 0.15) is 6.33 Å². The molecule has 2 aromatic rings. The van der Waals surface area contributed by atoms with Crippen molar-refractivity contribution in [2.75, 3.05) is 26.0 Å². The number of rotatable bonds is 9. The van der Waals surface area contributed by atoms with E-state index in [1.165, 1.54) is 17.3 Å². The molecule has 128 valence electrons. The van der Waals surface area contributed by atoms with Gasteiger partial charge in [-0.3, -0.25) is 4.79 Å². The Morgan fingerprint density at radius 1 is 1.38 bits per heavy atom. The molecule has 24 heavy (non-hydrogen) atoms. The second-order valence-electron chi connectivity index (χ2n) is 6.01. The fraction of sp³-hybridized carbons (Fsp3) is 0.471. The average Bonchev–Trinajstić information content (AvgIpc) is 3.29. The molecule has 0 spiro atoms. The lowest BCUT2D eigenvalue weighted by Gasteiger charge is -2.16. The maximum atomic E-state index is 12.2. The van der Waals surface area contributed by atoms with Crippen molar-refractivity contribution >= 4 is 17.7 Å². The third-order valence-corrected chi connectivity index (χ3v) is 5.29. The first-order valence-corrected chi connectivity index (χ1v) is 9.04. The van der Waals surface area contributed by atoms with Crippen LogP contribution in [0.25, 0.3) is 0 Å². The number of nitrogens with zero attached hydrogens (tertiary/aromatic N) is 3. The Morgan fingerprint density at radius 2 is 2.17 bits per heavy atom. The van der Waals surface area contributed by atoms with Crippen LogP contribution in [0.4, 0.5) is 0 Å². The third kappa shape index (κ3) is 4.15. The van der Waals surface area contributed by atoms with Gasteiger partial charge < -0.3 is 14.6 Å². The van der Waals surface area contributed by atoms with E-state index < -0.39 is 0 Å². The first kappa shape index (κ1) is 17.0. The number of thioether (sulfide) groups is 1. The summed E-state index contributed by atoms with van der Waals surface area (Å²) in [6.07, 6.45) is 3.93. The molecule has 1 N–H and O–H groups in total. The molecule has 1 amide bonds. The lowest BCUT2D eigenvalue weighted by atomic mass is 9.96. The van der Waals surface area contributed by atoms with Crippen molar-refractivity contribution < 1.29 is 9.53 Å². The van der Waals surface area contributed by atoms with Crippen LogP contribution in [0.3, 0.4) is 0 Å². The zero-order chi connectivity index (χ0) is 16.8. The van der Waals surface area contributed by atoms with E-state index in [0.717, 1.165) is 18.0 Å². The van der Waals surface area contributed by atoms with Gasteiger partial charge in [-0.15, -0.1) is 10.2 Å². The fourth-order valence-electron chi connectivity index (χ4n) is 2.66. The SMILES string of the molecule is COCCn1cnnc1SCC(=O)NCC1(c2ccccc2)CC1. The van der Waals surface area contributed by atoms with Gasteiger partial charge in [0.2, 0.25) is 5.91 Å². The molecule has 1 heterocycles. The maximum absolute atomic E-state index is 12.2. The average molecular weight is 346 g/mol. The number of carbonyl (C=O) groups excluding carboxylic acids is 1. The van der Waals surface area contributed by atoms with Crippen molar-refractivity contribution in [2.45, 2.75) is 30.0 Å². The largest absolute Gasteiger partial charge is 0.383 e. The van der Waals surface area contributed by atoms with E-state index in [0.29, 0.717) is 25.4 Å². The number of carbonyl (C=O) groups is 1. The number of hydrogen-bond acceptors (Lipinski definition) is 5. The number of benzene rings is 1. The second kappa shape index (κ2) is 7.81. The van der Waals surface area contributed by atoms with Crippen LogP contribution >= 0.6 is 11.8 Å². The van der Waals surface area contributed by atoms with Crippen LogP contribution in [0.5, 0.6) is 0 Å². The van der Waals surface area contributed by atoms with Crippen LogP contribution in [0.1, 0.15) is 18.4 Å². The molecule has 0 atom stereocenters. The van der Waals surface area contributed by atoms with Crippen molar-refractivity contribution in [2.24, 2.45) is 0 Å². The van der Waals surface area contributed by atoms with Crippen LogP contribution in [-0.2, 0) is 21.5 Å². The van der Waals surface area contributed by atoms with Gasteiger partial charge in [0.05, 0.1) is 12.4 Å². The molecule has 3 rings (SSSR count). The number of methoxy groups -OCH3 is 1. The molecule has 1 fully saturated rings. The van der Waals surface area contributed by atoms with E-state index in [9.17, 15) is 4.79 Å². The molecule has 0 saturated heterocycles. The summed E-state index contributed by atoms with van der Waals surface area (Å²) in [4.78, 5) is 12.2. The van der Waals surface area contributed by atoms with Crippen LogP contribution in [-0.4, -0.2) is 46.7 Å². The van der Waals surface area contributed by atoms with Crippen LogP contribution < -0.4 is 5.32 Å². The normalized spacial score (nSPS) is 15.2. The predicted octanol–water partition coefficient (Wildman–Crippen LogP) is 1.86. The van der Waals surface area contributed by atoms with E-state index >= 15 is 0 Å². The number of nitrogens with one attached hydrogen (secondary N) is 1. The number of amides is 1. The van der Waals surface area contributed by atoms with Gasteiger partial charge in [-0.25, -0.2) is 0 Å². The maximum Gasteiger partial charge on any atom is 0.230 e. The summed E-state index contributed by atoms with van der Waals surface area (Å²) in [5.74, 6) is 0.375. The molecule has 1 aliphatic rings. The summed E-state index contributed by atoms with van der Waals surface area (Å²) < 4.78 is 6.95. The molecule has 0 bridgehead atoms. The lowest BCUT2D eigenvalue weighted by Crippen LogP contribution is -2.33. The highest BCUT2D eigenvalue weighted by Crippen LogP contribution is 2.47. The van der Waals surface area contributed by atoms with Crippen molar-refractivity contribution in [1.82, 2.24) is 20.1 Å². The van der Waals surface area contributed by atoms with E-state index in [2.05, 4.69) is 39.8 Å². The molecular weight excluding hydrogens is 324 g/mol. The summed E-state index contributed by atoms with van der Waals surface area (Å²) in [7, 11) is 1.66. The Morgan fingerprint density at radius 3 is 2.88 bits per heavy atom. The fourth-order valence-corrected chi connectivity index (χ4v) is 3.43. The van der Waals surface area contributed by atoms with Crippen molar-refractivity contribution in [3.8, 4) is 0 Å². The Labute approximate surface area is 146 Å². The molecule has 0 aliphatic heterocycles. The highest BCUT2D eigenvalue weighted by Gasteiger charge is 2.44. The zero-order valence-corrected chi connectivity index (χ0v) is 14.6. The molecule has 7 heteroatoms. The van der Waals surface area contributed by atoms with E-state index in [-0.39, 0.29) is 11.3 Å². The van der Waals surface area contributed by atoms with Gasteiger partial charge >= 0.3 is 0 Å². The van der Waals surface area contributed by atoms with Gasteiger partial charge in [0.15, 0.2) is 5.16 Å². The molecule has 1 saturated carbocycles.